The van der Waals surface area contributed by atoms with Gasteiger partial charge < -0.3 is 19.5 Å². The quantitative estimate of drug-likeness (QED) is 0.332. The van der Waals surface area contributed by atoms with Crippen LogP contribution in [0.5, 0.6) is 5.75 Å². The third-order valence-electron chi connectivity index (χ3n) is 6.32. The van der Waals surface area contributed by atoms with Gasteiger partial charge in [0.1, 0.15) is 11.8 Å². The van der Waals surface area contributed by atoms with E-state index in [4.69, 9.17) is 17.0 Å². The molecule has 2 N–H and O–H groups in total. The standard InChI is InChI=1S/C27H27N5O3S2/c1-18-17-20(11-14-22(18)30-37(3,33)34)32-26(25(29-27(32)36)23-7-4-5-15-28-23)24-8-6-16-31(24)19-9-12-21(35-2)13-10-19/h4-17,25-26,30H,1-3H3,(H,29,36)/t25-,26+/m1/s1. The molecule has 3 heterocycles. The maximum absolute atomic E-state index is 11.8. The molecule has 1 aliphatic heterocycles. The molecule has 4 aromatic rings. The first-order chi connectivity index (χ1) is 17.7. The van der Waals surface area contributed by atoms with Gasteiger partial charge in [-0.05, 0) is 91.4 Å². The number of hydrogen-bond acceptors (Lipinski definition) is 5. The van der Waals surface area contributed by atoms with Crippen molar-refractivity contribution in [2.24, 2.45) is 0 Å². The normalized spacial score (nSPS) is 17.5. The van der Waals surface area contributed by atoms with Gasteiger partial charge in [-0.25, -0.2) is 8.42 Å². The third-order valence-corrected chi connectivity index (χ3v) is 7.22. The van der Waals surface area contributed by atoms with Crippen molar-refractivity contribution >= 4 is 38.7 Å². The highest BCUT2D eigenvalue weighted by atomic mass is 32.2. The molecular weight excluding hydrogens is 506 g/mol. The molecule has 1 saturated heterocycles. The topological polar surface area (TPSA) is 88.5 Å². The van der Waals surface area contributed by atoms with Crippen molar-refractivity contribution in [2.45, 2.75) is 19.0 Å². The third kappa shape index (κ3) is 5.03. The lowest BCUT2D eigenvalue weighted by Crippen LogP contribution is -2.30. The molecule has 0 spiro atoms. The van der Waals surface area contributed by atoms with E-state index in [1.807, 2.05) is 73.8 Å². The lowest BCUT2D eigenvalue weighted by Gasteiger charge is -2.29. The number of pyridine rings is 1. The predicted molar refractivity (Wildman–Crippen MR) is 150 cm³/mol. The molecule has 2 aromatic carbocycles. The zero-order valence-corrected chi connectivity index (χ0v) is 22.3. The first-order valence-electron chi connectivity index (χ1n) is 11.7. The average Bonchev–Trinajstić information content (AvgIpc) is 3.49. The second kappa shape index (κ2) is 9.87. The molecule has 8 nitrogen and oxygen atoms in total. The fourth-order valence-corrected chi connectivity index (χ4v) is 5.63. The maximum atomic E-state index is 11.8. The highest BCUT2D eigenvalue weighted by Gasteiger charge is 2.42. The molecule has 2 aromatic heterocycles. The van der Waals surface area contributed by atoms with Crippen molar-refractivity contribution in [2.75, 3.05) is 23.0 Å². The summed E-state index contributed by atoms with van der Waals surface area (Å²) in [5, 5.41) is 4.04. The van der Waals surface area contributed by atoms with E-state index in [1.54, 1.807) is 19.4 Å². The van der Waals surface area contributed by atoms with Gasteiger partial charge in [0.25, 0.3) is 0 Å². The van der Waals surface area contributed by atoms with Gasteiger partial charge in [-0.3, -0.25) is 9.71 Å². The van der Waals surface area contributed by atoms with Gasteiger partial charge in [-0.15, -0.1) is 0 Å². The van der Waals surface area contributed by atoms with Gasteiger partial charge in [0, 0.05) is 29.5 Å². The number of aromatic nitrogens is 2. The van der Waals surface area contributed by atoms with E-state index in [-0.39, 0.29) is 12.1 Å². The zero-order valence-electron chi connectivity index (χ0n) is 20.6. The number of anilines is 2. The summed E-state index contributed by atoms with van der Waals surface area (Å²) in [5.41, 5.74) is 5.04. The molecule has 0 amide bonds. The Bertz CT molecular complexity index is 1540. The summed E-state index contributed by atoms with van der Waals surface area (Å²) in [7, 11) is -1.75. The predicted octanol–water partition coefficient (Wildman–Crippen LogP) is 4.74. The van der Waals surface area contributed by atoms with Crippen molar-refractivity contribution < 1.29 is 13.2 Å². The summed E-state index contributed by atoms with van der Waals surface area (Å²) in [6.07, 6.45) is 4.94. The van der Waals surface area contributed by atoms with E-state index in [9.17, 15) is 8.42 Å². The van der Waals surface area contributed by atoms with Crippen molar-refractivity contribution in [3.63, 3.8) is 0 Å². The summed E-state index contributed by atoms with van der Waals surface area (Å²) in [5.74, 6) is 0.785. The van der Waals surface area contributed by atoms with E-state index in [0.717, 1.165) is 40.3 Å². The zero-order chi connectivity index (χ0) is 26.2. The number of thiocarbonyl (C=S) groups is 1. The molecular formula is C27H27N5O3S2. The lowest BCUT2D eigenvalue weighted by atomic mass is 10.0. The Hall–Kier alpha value is -3.89. The van der Waals surface area contributed by atoms with Crippen LogP contribution in [0.1, 0.15) is 29.0 Å². The summed E-state index contributed by atoms with van der Waals surface area (Å²) < 4.78 is 33.6. The van der Waals surface area contributed by atoms with Crippen LogP contribution in [0, 0.1) is 6.92 Å². The Morgan fingerprint density at radius 3 is 2.43 bits per heavy atom. The van der Waals surface area contributed by atoms with Gasteiger partial charge >= 0.3 is 0 Å². The van der Waals surface area contributed by atoms with Crippen LogP contribution in [-0.2, 0) is 10.0 Å². The number of rotatable bonds is 7. The fraction of sp³-hybridized carbons (Fsp3) is 0.185. The molecule has 1 aliphatic rings. The fourth-order valence-electron chi connectivity index (χ4n) is 4.66. The molecule has 0 unspecified atom stereocenters. The van der Waals surface area contributed by atoms with E-state index in [1.165, 1.54) is 0 Å². The van der Waals surface area contributed by atoms with Gasteiger partial charge in [-0.1, -0.05) is 6.07 Å². The van der Waals surface area contributed by atoms with E-state index >= 15 is 0 Å². The van der Waals surface area contributed by atoms with E-state index < -0.39 is 10.0 Å². The van der Waals surface area contributed by atoms with Crippen LogP contribution in [0.4, 0.5) is 11.4 Å². The second-order valence-electron chi connectivity index (χ2n) is 8.87. The Kier molecular flexibility index (Phi) is 6.61. The molecule has 1 fully saturated rings. The highest BCUT2D eigenvalue weighted by Crippen LogP contribution is 2.43. The number of nitrogens with one attached hydrogen (secondary N) is 2. The lowest BCUT2D eigenvalue weighted by molar-refractivity contribution is 0.414. The summed E-state index contributed by atoms with van der Waals surface area (Å²) >= 11 is 5.86. The Morgan fingerprint density at radius 2 is 1.78 bits per heavy atom. The number of ether oxygens (including phenoxy) is 1. The van der Waals surface area contributed by atoms with Crippen LogP contribution >= 0.6 is 12.2 Å². The first-order valence-corrected chi connectivity index (χ1v) is 14.0. The molecule has 2 atom stereocenters. The minimum atomic E-state index is -3.40. The molecule has 37 heavy (non-hydrogen) atoms. The van der Waals surface area contributed by atoms with Gasteiger partial charge in [-0.2, -0.15) is 0 Å². The van der Waals surface area contributed by atoms with E-state index in [2.05, 4.69) is 30.6 Å². The smallest absolute Gasteiger partial charge is 0.229 e. The number of sulfonamides is 1. The number of methoxy groups -OCH3 is 1. The van der Waals surface area contributed by atoms with Crippen LogP contribution in [-0.4, -0.2) is 36.4 Å². The van der Waals surface area contributed by atoms with Crippen LogP contribution in [0.25, 0.3) is 5.69 Å². The largest absolute Gasteiger partial charge is 0.497 e. The molecule has 190 valence electrons. The number of benzene rings is 2. The molecule has 0 aliphatic carbocycles. The molecule has 5 rings (SSSR count). The average molecular weight is 534 g/mol. The van der Waals surface area contributed by atoms with Crippen LogP contribution in [0.3, 0.4) is 0 Å². The number of nitrogens with zero attached hydrogens (tertiary/aromatic N) is 3. The molecule has 10 heteroatoms. The Morgan fingerprint density at radius 1 is 1.03 bits per heavy atom. The minimum absolute atomic E-state index is 0.213. The summed E-state index contributed by atoms with van der Waals surface area (Å²) in [4.78, 5) is 6.70. The molecule has 0 bridgehead atoms. The number of aryl methyl sites for hydroxylation is 1. The minimum Gasteiger partial charge on any atom is -0.497 e. The second-order valence-corrected chi connectivity index (χ2v) is 11.0. The van der Waals surface area contributed by atoms with Crippen molar-refractivity contribution in [1.29, 1.82) is 0 Å². The SMILES string of the molecule is COc1ccc(-n2cccc2[C@H]2[C@@H](c3ccccn3)NC(=S)N2c2ccc(NS(C)(=O)=O)c(C)c2)cc1. The van der Waals surface area contributed by atoms with Crippen molar-refractivity contribution in [1.82, 2.24) is 14.9 Å². The number of hydrogen-bond donors (Lipinski definition) is 2. The van der Waals surface area contributed by atoms with Gasteiger partial charge in [0.15, 0.2) is 5.11 Å². The van der Waals surface area contributed by atoms with Gasteiger partial charge in [0.2, 0.25) is 10.0 Å². The maximum Gasteiger partial charge on any atom is 0.229 e. The molecule has 0 saturated carbocycles. The van der Waals surface area contributed by atoms with Crippen LogP contribution in [0.15, 0.2) is 85.2 Å². The summed E-state index contributed by atoms with van der Waals surface area (Å²) in [6.45, 7) is 1.87. The first kappa shape index (κ1) is 24.8. The Labute approximate surface area is 222 Å². The summed E-state index contributed by atoms with van der Waals surface area (Å²) in [6, 6.07) is 23.0. The van der Waals surface area contributed by atoms with Crippen LogP contribution in [0.2, 0.25) is 0 Å². The van der Waals surface area contributed by atoms with Crippen molar-refractivity contribution in [3.8, 4) is 11.4 Å². The van der Waals surface area contributed by atoms with E-state index in [0.29, 0.717) is 10.8 Å². The van der Waals surface area contributed by atoms with Gasteiger partial charge in [0.05, 0.1) is 30.8 Å². The highest BCUT2D eigenvalue weighted by molar-refractivity contribution is 7.92. The van der Waals surface area contributed by atoms with Crippen molar-refractivity contribution in [3.05, 3.63) is 102 Å². The monoisotopic (exact) mass is 533 g/mol. The molecule has 0 radical (unpaired) electrons. The van der Waals surface area contributed by atoms with Crippen LogP contribution < -0.4 is 19.7 Å². The Balaban J connectivity index is 1.62.